The van der Waals surface area contributed by atoms with Gasteiger partial charge in [0.05, 0.1) is 5.52 Å². The summed E-state index contributed by atoms with van der Waals surface area (Å²) in [6, 6.07) is 11.8. The summed E-state index contributed by atoms with van der Waals surface area (Å²) >= 11 is 0. The van der Waals surface area contributed by atoms with Crippen molar-refractivity contribution in [3.05, 3.63) is 72.1 Å². The van der Waals surface area contributed by atoms with Crippen LogP contribution in [0.4, 0.5) is 19.1 Å². The number of carboxylic acid groups (broad SMARTS) is 1. The summed E-state index contributed by atoms with van der Waals surface area (Å²) < 4.78 is 46.6. The number of benzene rings is 2. The van der Waals surface area contributed by atoms with E-state index in [1.807, 2.05) is 0 Å². The molecule has 2 N–H and O–H groups in total. The van der Waals surface area contributed by atoms with Gasteiger partial charge in [-0.1, -0.05) is 6.07 Å². The van der Waals surface area contributed by atoms with Crippen LogP contribution in [0.25, 0.3) is 11.0 Å². The summed E-state index contributed by atoms with van der Waals surface area (Å²) in [4.78, 5) is 31.3. The highest BCUT2D eigenvalue weighted by Crippen LogP contribution is 2.25. The lowest BCUT2D eigenvalue weighted by Crippen LogP contribution is -2.18. The van der Waals surface area contributed by atoms with Crippen molar-refractivity contribution in [1.29, 1.82) is 0 Å². The van der Waals surface area contributed by atoms with Gasteiger partial charge in [-0.05, 0) is 36.4 Å². The van der Waals surface area contributed by atoms with Gasteiger partial charge in [0, 0.05) is 23.9 Å². The van der Waals surface area contributed by atoms with Crippen molar-refractivity contribution >= 4 is 28.9 Å². The van der Waals surface area contributed by atoms with E-state index in [0.717, 1.165) is 12.1 Å². The molecule has 2 heterocycles. The molecule has 0 saturated carbocycles. The van der Waals surface area contributed by atoms with Crippen molar-refractivity contribution in [2.75, 3.05) is 5.32 Å². The molecule has 0 atom stereocenters. The molecule has 0 spiro atoms. The first-order chi connectivity index (χ1) is 16.2. The Balaban J connectivity index is 1.49. The molecule has 0 saturated heterocycles. The molecule has 4 rings (SSSR count). The zero-order chi connectivity index (χ0) is 24.3. The van der Waals surface area contributed by atoms with Gasteiger partial charge in [0.15, 0.2) is 5.69 Å². The minimum Gasteiger partial charge on any atom is -0.477 e. The number of halogens is 3. The average molecular weight is 471 g/mol. The van der Waals surface area contributed by atoms with Crippen LogP contribution in [0.2, 0.25) is 0 Å². The SMILES string of the molecule is O=C(Nc1nnc2cc(Oc3ccnc(C(=O)O)c3)ccc2n1)c1cccc(OC(F)(F)F)c1. The lowest BCUT2D eigenvalue weighted by Gasteiger charge is -2.10. The zero-order valence-electron chi connectivity index (χ0n) is 16.8. The maximum absolute atomic E-state index is 12.4. The fourth-order valence-electron chi connectivity index (χ4n) is 2.77. The molecule has 0 aliphatic heterocycles. The van der Waals surface area contributed by atoms with E-state index < -0.39 is 24.0 Å². The molecule has 4 aromatic rings. The predicted molar refractivity (Wildman–Crippen MR) is 110 cm³/mol. The molecule has 2 aromatic carbocycles. The maximum Gasteiger partial charge on any atom is 0.573 e. The Labute approximate surface area is 188 Å². The molecule has 0 bridgehead atoms. The third-order valence-electron chi connectivity index (χ3n) is 4.17. The Bertz CT molecular complexity index is 1400. The number of aromatic nitrogens is 4. The van der Waals surface area contributed by atoms with E-state index in [2.05, 4.69) is 30.2 Å². The Kier molecular flexibility index (Phi) is 5.91. The summed E-state index contributed by atoms with van der Waals surface area (Å²) in [7, 11) is 0. The molecule has 0 aliphatic rings. The Hall–Kier alpha value is -4.81. The van der Waals surface area contributed by atoms with Crippen molar-refractivity contribution < 1.29 is 37.3 Å². The average Bonchev–Trinajstić information content (AvgIpc) is 2.78. The number of hydrogen-bond donors (Lipinski definition) is 2. The summed E-state index contributed by atoms with van der Waals surface area (Å²) in [5.74, 6) is -2.12. The van der Waals surface area contributed by atoms with E-state index in [1.165, 1.54) is 42.6 Å². The summed E-state index contributed by atoms with van der Waals surface area (Å²) in [5.41, 5.74) is 0.360. The Morgan fingerprint density at radius 1 is 0.912 bits per heavy atom. The number of carboxylic acids is 1. The lowest BCUT2D eigenvalue weighted by atomic mass is 10.2. The second kappa shape index (κ2) is 8.97. The normalized spacial score (nSPS) is 11.1. The quantitative estimate of drug-likeness (QED) is 0.426. The summed E-state index contributed by atoms with van der Waals surface area (Å²) in [6.07, 6.45) is -3.60. The standard InChI is InChI=1S/C21H12F3N5O5/c22-21(23,24)34-14-3-1-2-11(8-14)18(30)27-20-26-15-5-4-12(9-16(15)28-29-20)33-13-6-7-25-17(10-13)19(31)32/h1-10H,(H,31,32)(H,26,27,29,30). The molecular formula is C21H12F3N5O5. The number of rotatable bonds is 6. The topological polar surface area (TPSA) is 136 Å². The number of amides is 1. The highest BCUT2D eigenvalue weighted by atomic mass is 19.4. The number of hydrogen-bond acceptors (Lipinski definition) is 8. The molecule has 0 unspecified atom stereocenters. The van der Waals surface area contributed by atoms with Crippen LogP contribution in [0.5, 0.6) is 17.2 Å². The van der Waals surface area contributed by atoms with Crippen LogP contribution >= 0.6 is 0 Å². The molecule has 2 aromatic heterocycles. The van der Waals surface area contributed by atoms with Gasteiger partial charge in [-0.2, -0.15) is 0 Å². The number of alkyl halides is 3. The third kappa shape index (κ3) is 5.51. The maximum atomic E-state index is 12.4. The van der Waals surface area contributed by atoms with Crippen molar-refractivity contribution in [1.82, 2.24) is 20.2 Å². The molecular weight excluding hydrogens is 459 g/mol. The molecule has 0 aliphatic carbocycles. The predicted octanol–water partition coefficient (Wildman–Crippen LogP) is 4.06. The second-order valence-electron chi connectivity index (χ2n) is 6.60. The van der Waals surface area contributed by atoms with Gasteiger partial charge in [0.25, 0.3) is 5.91 Å². The molecule has 13 heteroatoms. The largest absolute Gasteiger partial charge is 0.573 e. The van der Waals surface area contributed by atoms with Crippen LogP contribution in [0.3, 0.4) is 0 Å². The van der Waals surface area contributed by atoms with Crippen LogP contribution in [0.1, 0.15) is 20.8 Å². The van der Waals surface area contributed by atoms with E-state index in [0.29, 0.717) is 16.8 Å². The van der Waals surface area contributed by atoms with Gasteiger partial charge >= 0.3 is 12.3 Å². The van der Waals surface area contributed by atoms with Crippen molar-refractivity contribution in [3.8, 4) is 17.2 Å². The molecule has 0 fully saturated rings. The first-order valence-electron chi connectivity index (χ1n) is 9.35. The first-order valence-corrected chi connectivity index (χ1v) is 9.35. The monoisotopic (exact) mass is 471 g/mol. The van der Waals surface area contributed by atoms with Gasteiger partial charge in [-0.3, -0.25) is 10.1 Å². The number of aromatic carboxylic acids is 1. The number of nitrogens with zero attached hydrogens (tertiary/aromatic N) is 4. The van der Waals surface area contributed by atoms with Crippen LogP contribution in [-0.2, 0) is 0 Å². The summed E-state index contributed by atoms with van der Waals surface area (Å²) in [5, 5.41) is 19.1. The van der Waals surface area contributed by atoms with E-state index >= 15 is 0 Å². The van der Waals surface area contributed by atoms with Crippen molar-refractivity contribution in [2.24, 2.45) is 0 Å². The molecule has 10 nitrogen and oxygen atoms in total. The molecule has 172 valence electrons. The van der Waals surface area contributed by atoms with Gasteiger partial charge < -0.3 is 14.6 Å². The van der Waals surface area contributed by atoms with Gasteiger partial charge in [0.2, 0.25) is 5.95 Å². The van der Waals surface area contributed by atoms with E-state index in [4.69, 9.17) is 9.84 Å². The smallest absolute Gasteiger partial charge is 0.477 e. The van der Waals surface area contributed by atoms with Crippen LogP contribution < -0.4 is 14.8 Å². The number of pyridine rings is 1. The lowest BCUT2D eigenvalue weighted by molar-refractivity contribution is -0.274. The fourth-order valence-corrected chi connectivity index (χ4v) is 2.77. The van der Waals surface area contributed by atoms with E-state index in [1.54, 1.807) is 6.07 Å². The molecule has 0 radical (unpaired) electrons. The number of carbonyl (C=O) groups is 2. The number of fused-ring (bicyclic) bond motifs is 1. The zero-order valence-corrected chi connectivity index (χ0v) is 16.8. The van der Waals surface area contributed by atoms with Gasteiger partial charge in [0.1, 0.15) is 22.8 Å². The fraction of sp³-hybridized carbons (Fsp3) is 0.0476. The number of nitrogens with one attached hydrogen (secondary N) is 1. The minimum atomic E-state index is -4.89. The van der Waals surface area contributed by atoms with Crippen LogP contribution in [0.15, 0.2) is 60.8 Å². The van der Waals surface area contributed by atoms with E-state index in [9.17, 15) is 22.8 Å². The highest BCUT2D eigenvalue weighted by molar-refractivity contribution is 6.03. The summed E-state index contributed by atoms with van der Waals surface area (Å²) in [6.45, 7) is 0. The number of carbonyl (C=O) groups excluding carboxylic acids is 1. The Morgan fingerprint density at radius 3 is 2.47 bits per heavy atom. The highest BCUT2D eigenvalue weighted by Gasteiger charge is 2.31. The number of anilines is 1. The van der Waals surface area contributed by atoms with Crippen molar-refractivity contribution in [2.45, 2.75) is 6.36 Å². The third-order valence-corrected chi connectivity index (χ3v) is 4.17. The second-order valence-corrected chi connectivity index (χ2v) is 6.60. The van der Waals surface area contributed by atoms with E-state index in [-0.39, 0.29) is 23.0 Å². The van der Waals surface area contributed by atoms with Gasteiger partial charge in [-0.15, -0.1) is 23.4 Å². The Morgan fingerprint density at radius 2 is 1.71 bits per heavy atom. The van der Waals surface area contributed by atoms with Crippen LogP contribution in [0, 0.1) is 0 Å². The van der Waals surface area contributed by atoms with Gasteiger partial charge in [-0.25, -0.2) is 14.8 Å². The molecule has 34 heavy (non-hydrogen) atoms. The van der Waals surface area contributed by atoms with Crippen molar-refractivity contribution in [3.63, 3.8) is 0 Å². The van der Waals surface area contributed by atoms with Crippen LogP contribution in [-0.4, -0.2) is 43.5 Å². The first kappa shape index (κ1) is 22.4. The minimum absolute atomic E-state index is 0.104. The number of ether oxygens (including phenoxy) is 2. The molecule has 1 amide bonds.